The second-order valence-corrected chi connectivity index (χ2v) is 7.91. The monoisotopic (exact) mass is 523 g/mol. The van der Waals surface area contributed by atoms with Crippen molar-refractivity contribution in [2.45, 2.75) is 6.18 Å². The van der Waals surface area contributed by atoms with Crippen molar-refractivity contribution in [3.63, 3.8) is 0 Å². The van der Waals surface area contributed by atoms with E-state index in [2.05, 4.69) is 30.9 Å². The minimum Gasteiger partial charge on any atom is -0.384 e. The summed E-state index contributed by atoms with van der Waals surface area (Å²) >= 11 is 0. The highest BCUT2D eigenvalue weighted by Crippen LogP contribution is 2.33. The Morgan fingerprint density at radius 3 is 2.45 bits per heavy atom. The first-order valence-corrected chi connectivity index (χ1v) is 10.8. The quantitative estimate of drug-likeness (QED) is 0.281. The van der Waals surface area contributed by atoms with Crippen LogP contribution in [0.3, 0.4) is 0 Å². The summed E-state index contributed by atoms with van der Waals surface area (Å²) in [5, 5.41) is 12.4. The van der Waals surface area contributed by atoms with Gasteiger partial charge in [0.15, 0.2) is 11.1 Å². The summed E-state index contributed by atoms with van der Waals surface area (Å²) in [4.78, 5) is 42.8. The number of alkyl halides is 3. The number of fused-ring (bicyclic) bond motifs is 1. The number of halogens is 3. The normalized spacial score (nSPS) is 11.4. The highest BCUT2D eigenvalue weighted by molar-refractivity contribution is 6.01. The molecule has 0 fully saturated rings. The zero-order valence-corrected chi connectivity index (χ0v) is 19.0. The maximum atomic E-state index is 13.3. The summed E-state index contributed by atoms with van der Waals surface area (Å²) in [7, 11) is 0. The molecule has 12 nitrogen and oxygen atoms in total. The molecule has 0 spiro atoms. The predicted molar refractivity (Wildman–Crippen MR) is 131 cm³/mol. The first kappa shape index (κ1) is 24.2. The van der Waals surface area contributed by atoms with Crippen molar-refractivity contribution >= 4 is 34.3 Å². The Morgan fingerprint density at radius 2 is 1.76 bits per heavy atom. The molecule has 0 aliphatic heterocycles. The molecule has 0 bridgehead atoms. The Morgan fingerprint density at radius 1 is 1.00 bits per heavy atom. The van der Waals surface area contributed by atoms with Crippen molar-refractivity contribution in [2.24, 2.45) is 0 Å². The largest absolute Gasteiger partial charge is 0.416 e. The average molecular weight is 523 g/mol. The number of nitrogens with zero attached hydrogens (tertiary/aromatic N) is 5. The van der Waals surface area contributed by atoms with E-state index in [0.717, 1.165) is 12.1 Å². The van der Waals surface area contributed by atoms with Gasteiger partial charge in [-0.1, -0.05) is 5.21 Å². The third-order valence-corrected chi connectivity index (χ3v) is 5.44. The van der Waals surface area contributed by atoms with E-state index in [1.807, 2.05) is 0 Å². The fraction of sp³-hybridized carbons (Fsp3) is 0.0435. The van der Waals surface area contributed by atoms with Crippen LogP contribution in [-0.4, -0.2) is 35.6 Å². The molecule has 3 aromatic heterocycles. The van der Waals surface area contributed by atoms with Gasteiger partial charge >= 0.3 is 17.9 Å². The number of carbonyl (C=O) groups is 1. The lowest BCUT2D eigenvalue weighted by atomic mass is 10.1. The summed E-state index contributed by atoms with van der Waals surface area (Å²) in [6, 6.07) is 9.46. The molecule has 38 heavy (non-hydrogen) atoms. The van der Waals surface area contributed by atoms with Gasteiger partial charge in [-0.2, -0.15) is 18.2 Å². The number of nitrogens with one attached hydrogen (secondary N) is 3. The van der Waals surface area contributed by atoms with Crippen LogP contribution < -0.4 is 27.5 Å². The predicted octanol–water partition coefficient (Wildman–Crippen LogP) is 2.90. The van der Waals surface area contributed by atoms with Gasteiger partial charge < -0.3 is 20.9 Å². The third-order valence-electron chi connectivity index (χ3n) is 5.44. The minimum absolute atomic E-state index is 0.0398. The number of H-pyrrole nitrogens is 1. The zero-order chi connectivity index (χ0) is 27.0. The maximum absolute atomic E-state index is 13.3. The van der Waals surface area contributed by atoms with Crippen LogP contribution in [0.2, 0.25) is 0 Å². The van der Waals surface area contributed by atoms with Crippen molar-refractivity contribution in [3.8, 4) is 11.4 Å². The Hall–Kier alpha value is -5.47. The maximum Gasteiger partial charge on any atom is 0.416 e. The van der Waals surface area contributed by atoms with Crippen LogP contribution in [0, 0.1) is 0 Å². The Balaban J connectivity index is 1.41. The molecule has 0 aliphatic rings. The van der Waals surface area contributed by atoms with E-state index in [9.17, 15) is 27.6 Å². The number of urea groups is 1. The number of benzene rings is 2. The molecule has 0 aliphatic carbocycles. The minimum atomic E-state index is -4.62. The van der Waals surface area contributed by atoms with E-state index in [-0.39, 0.29) is 28.2 Å². The van der Waals surface area contributed by atoms with Gasteiger partial charge in [0.2, 0.25) is 0 Å². The number of nitrogen functional groups attached to an aromatic ring is 1. The number of anilines is 3. The van der Waals surface area contributed by atoms with Crippen LogP contribution >= 0.6 is 0 Å². The second kappa shape index (κ2) is 9.20. The van der Waals surface area contributed by atoms with E-state index in [1.165, 1.54) is 52.1 Å². The SMILES string of the molecule is Nc1[nH]c(=O)nc2c1c(=O)ccn2-c1ccc(NC(=O)Nc2cc(C(F)(F)F)ccc2-n2ccnn2)cc1. The molecular formula is C23H16F3N9O3. The van der Waals surface area contributed by atoms with Gasteiger partial charge in [0.25, 0.3) is 0 Å². The van der Waals surface area contributed by atoms with Crippen molar-refractivity contribution in [2.75, 3.05) is 16.4 Å². The van der Waals surface area contributed by atoms with E-state index in [1.54, 1.807) is 12.1 Å². The third kappa shape index (κ3) is 4.67. The second-order valence-electron chi connectivity index (χ2n) is 7.91. The van der Waals surface area contributed by atoms with Crippen LogP contribution in [0.25, 0.3) is 22.4 Å². The lowest BCUT2D eigenvalue weighted by Gasteiger charge is -2.15. The Bertz CT molecular complexity index is 1780. The van der Waals surface area contributed by atoms with Crippen LogP contribution in [0.1, 0.15) is 5.56 Å². The van der Waals surface area contributed by atoms with Crippen LogP contribution in [-0.2, 0) is 6.18 Å². The number of hydrogen-bond acceptors (Lipinski definition) is 7. The zero-order valence-electron chi connectivity index (χ0n) is 19.0. The molecule has 2 amide bonds. The molecular weight excluding hydrogens is 507 g/mol. The molecule has 0 saturated carbocycles. The van der Waals surface area contributed by atoms with Crippen LogP contribution in [0.4, 0.5) is 35.2 Å². The van der Waals surface area contributed by atoms with Crippen molar-refractivity contribution in [1.82, 2.24) is 29.5 Å². The molecule has 15 heteroatoms. The van der Waals surface area contributed by atoms with Crippen molar-refractivity contribution < 1.29 is 18.0 Å². The summed E-state index contributed by atoms with van der Waals surface area (Å²) in [5.41, 5.74) is 4.54. The fourth-order valence-electron chi connectivity index (χ4n) is 3.74. The average Bonchev–Trinajstić information content (AvgIpc) is 3.39. The molecule has 5 aromatic rings. The van der Waals surface area contributed by atoms with Crippen LogP contribution in [0.5, 0.6) is 0 Å². The molecule has 192 valence electrons. The number of amides is 2. The molecule has 5 rings (SSSR count). The van der Waals surface area contributed by atoms with Gasteiger partial charge in [-0.25, -0.2) is 14.3 Å². The molecule has 0 unspecified atom stereocenters. The summed E-state index contributed by atoms with van der Waals surface area (Å²) in [6.07, 6.45) is -0.443. The molecule has 0 saturated heterocycles. The first-order valence-electron chi connectivity index (χ1n) is 10.8. The van der Waals surface area contributed by atoms with Gasteiger partial charge in [0.1, 0.15) is 11.2 Å². The lowest BCUT2D eigenvalue weighted by molar-refractivity contribution is -0.137. The number of carbonyl (C=O) groups excluding carboxylic acids is 1. The van der Waals surface area contributed by atoms with Gasteiger partial charge in [0, 0.05) is 23.6 Å². The summed E-state index contributed by atoms with van der Waals surface area (Å²) in [6.45, 7) is 0. The van der Waals surface area contributed by atoms with Crippen molar-refractivity contribution in [1.29, 1.82) is 0 Å². The van der Waals surface area contributed by atoms with Gasteiger partial charge in [0.05, 0.1) is 29.3 Å². The molecule has 0 atom stereocenters. The standard InChI is InChI=1S/C23H16F3N9O3/c24-23(25,26)12-1-6-16(35-10-8-28-33-35)15(11-12)30-21(37)29-13-2-4-14(5-3-13)34-9-7-17(36)18-19(27)31-22(38)32-20(18)34/h1-11H,(H2,29,30,37)(H3,27,31,32,38). The number of aromatic amines is 1. The first-order chi connectivity index (χ1) is 18.1. The molecule has 2 aromatic carbocycles. The fourth-order valence-corrected chi connectivity index (χ4v) is 3.74. The Labute approximate surface area is 209 Å². The smallest absolute Gasteiger partial charge is 0.384 e. The number of pyridine rings is 1. The summed E-state index contributed by atoms with van der Waals surface area (Å²) in [5.74, 6) is -0.117. The van der Waals surface area contributed by atoms with E-state index in [0.29, 0.717) is 11.4 Å². The number of nitrogens with two attached hydrogens (primary N) is 1. The van der Waals surface area contributed by atoms with Gasteiger partial charge in [-0.15, -0.1) is 5.10 Å². The summed E-state index contributed by atoms with van der Waals surface area (Å²) < 4.78 is 42.4. The number of aromatic nitrogens is 6. The van der Waals surface area contributed by atoms with Gasteiger partial charge in [-0.05, 0) is 42.5 Å². The highest BCUT2D eigenvalue weighted by Gasteiger charge is 2.31. The molecule has 5 N–H and O–H groups in total. The van der Waals surface area contributed by atoms with Crippen LogP contribution in [0.15, 0.2) is 76.7 Å². The van der Waals surface area contributed by atoms with E-state index >= 15 is 0 Å². The lowest BCUT2D eigenvalue weighted by Crippen LogP contribution is -2.21. The topological polar surface area (TPSA) is 166 Å². The number of rotatable bonds is 4. The Kier molecular flexibility index (Phi) is 5.87. The van der Waals surface area contributed by atoms with E-state index in [4.69, 9.17) is 5.73 Å². The molecule has 3 heterocycles. The van der Waals surface area contributed by atoms with Crippen molar-refractivity contribution in [3.05, 3.63) is 93.4 Å². The number of hydrogen-bond donors (Lipinski definition) is 4. The van der Waals surface area contributed by atoms with E-state index < -0.39 is 28.9 Å². The highest BCUT2D eigenvalue weighted by atomic mass is 19.4. The van der Waals surface area contributed by atoms with Gasteiger partial charge in [-0.3, -0.25) is 9.78 Å². The molecule has 0 radical (unpaired) electrons.